The average Bonchev–Trinajstić information content (AvgIpc) is 2.42. The van der Waals surface area contributed by atoms with Gasteiger partial charge in [0.15, 0.2) is 0 Å². The molecule has 0 saturated heterocycles. The summed E-state index contributed by atoms with van der Waals surface area (Å²) in [6, 6.07) is 0. The fraction of sp³-hybridized carbons (Fsp3) is 0.571. The molecule has 6 heteroatoms. The smallest absolute Gasteiger partial charge is 0.359 e. The van der Waals surface area contributed by atoms with Crippen molar-refractivity contribution < 1.29 is 19.4 Å². The van der Waals surface area contributed by atoms with Crippen molar-refractivity contribution in [3.05, 3.63) is 12.0 Å². The van der Waals surface area contributed by atoms with Crippen LogP contribution in [0.5, 0.6) is 0 Å². The molecule has 0 fully saturated rings. The molecule has 0 radical (unpaired) electrons. The first-order valence-electron chi connectivity index (χ1n) is 3.62. The number of aliphatic hydroxyl groups excluding tert-OH is 1. The van der Waals surface area contributed by atoms with Gasteiger partial charge in [-0.25, -0.2) is 4.79 Å². The van der Waals surface area contributed by atoms with E-state index in [9.17, 15) is 9.90 Å². The van der Waals surface area contributed by atoms with Gasteiger partial charge in [0, 0.05) is 20.2 Å². The molecule has 0 bridgehead atoms. The SMILES string of the molecule is COC(=O)C1(OC)C=C(O)N(C)N1. The largest absolute Gasteiger partial charge is 0.494 e. The fourth-order valence-electron chi connectivity index (χ4n) is 1.06. The van der Waals surface area contributed by atoms with Crippen LogP contribution in [-0.2, 0) is 14.3 Å². The van der Waals surface area contributed by atoms with Gasteiger partial charge in [-0.1, -0.05) is 0 Å². The fourth-order valence-corrected chi connectivity index (χ4v) is 1.06. The van der Waals surface area contributed by atoms with Crippen LogP contribution < -0.4 is 5.43 Å². The van der Waals surface area contributed by atoms with E-state index in [4.69, 9.17) is 4.74 Å². The van der Waals surface area contributed by atoms with Crippen LogP contribution in [-0.4, -0.2) is 43.1 Å². The maximum atomic E-state index is 11.3. The molecule has 0 saturated carbocycles. The van der Waals surface area contributed by atoms with Crippen LogP contribution in [0.2, 0.25) is 0 Å². The molecule has 0 spiro atoms. The first kappa shape index (κ1) is 9.82. The lowest BCUT2D eigenvalue weighted by Crippen LogP contribution is -2.53. The molecule has 0 aromatic rings. The minimum Gasteiger partial charge on any atom is -0.494 e. The Labute approximate surface area is 75.7 Å². The van der Waals surface area contributed by atoms with Crippen molar-refractivity contribution in [1.29, 1.82) is 0 Å². The van der Waals surface area contributed by atoms with Crippen molar-refractivity contribution in [1.82, 2.24) is 10.4 Å². The molecule has 1 rings (SSSR count). The Morgan fingerprint density at radius 1 is 1.69 bits per heavy atom. The third-order valence-electron chi connectivity index (χ3n) is 1.82. The van der Waals surface area contributed by atoms with Crippen molar-refractivity contribution in [3.8, 4) is 0 Å². The molecule has 1 heterocycles. The normalized spacial score (nSPS) is 27.3. The van der Waals surface area contributed by atoms with Gasteiger partial charge in [0.2, 0.25) is 5.88 Å². The zero-order chi connectivity index (χ0) is 10.1. The van der Waals surface area contributed by atoms with Gasteiger partial charge in [-0.3, -0.25) is 5.01 Å². The second kappa shape index (κ2) is 3.23. The van der Waals surface area contributed by atoms with Gasteiger partial charge in [-0.2, -0.15) is 5.43 Å². The monoisotopic (exact) mass is 188 g/mol. The Morgan fingerprint density at radius 3 is 2.62 bits per heavy atom. The number of ether oxygens (including phenoxy) is 2. The zero-order valence-corrected chi connectivity index (χ0v) is 7.70. The number of hydrogen-bond donors (Lipinski definition) is 2. The van der Waals surface area contributed by atoms with Gasteiger partial charge in [-0.05, 0) is 0 Å². The summed E-state index contributed by atoms with van der Waals surface area (Å²) in [7, 11) is 4.14. The molecule has 1 aliphatic rings. The molecular weight excluding hydrogens is 176 g/mol. The number of methoxy groups -OCH3 is 2. The summed E-state index contributed by atoms with van der Waals surface area (Å²) in [6.45, 7) is 0. The van der Waals surface area contributed by atoms with Crippen LogP contribution in [0.15, 0.2) is 12.0 Å². The molecule has 1 atom stereocenters. The molecular formula is C7H12N2O4. The second-order valence-corrected chi connectivity index (χ2v) is 2.60. The van der Waals surface area contributed by atoms with Crippen LogP contribution in [0.3, 0.4) is 0 Å². The number of carbonyl (C=O) groups is 1. The number of hydrazine groups is 1. The van der Waals surface area contributed by atoms with Gasteiger partial charge < -0.3 is 14.6 Å². The molecule has 0 aliphatic carbocycles. The number of aliphatic hydroxyl groups is 1. The van der Waals surface area contributed by atoms with E-state index < -0.39 is 11.7 Å². The summed E-state index contributed by atoms with van der Waals surface area (Å²) in [5.74, 6) is -0.710. The van der Waals surface area contributed by atoms with Gasteiger partial charge >= 0.3 is 5.97 Å². The van der Waals surface area contributed by atoms with Gasteiger partial charge in [0.1, 0.15) is 0 Å². The minimum atomic E-state index is -1.41. The standard InChI is InChI=1S/C7H12N2O4/c1-9-5(10)4-7(8-9,13-3)6(11)12-2/h4,8,10H,1-3H3. The Bertz CT molecular complexity index is 253. The molecule has 74 valence electrons. The Kier molecular flexibility index (Phi) is 2.44. The third kappa shape index (κ3) is 1.45. The highest BCUT2D eigenvalue weighted by Gasteiger charge is 2.44. The molecule has 0 amide bonds. The number of nitrogens with one attached hydrogen (secondary N) is 1. The summed E-state index contributed by atoms with van der Waals surface area (Å²) in [4.78, 5) is 11.3. The maximum Gasteiger partial charge on any atom is 0.359 e. The minimum absolute atomic E-state index is 0.0905. The predicted molar refractivity (Wildman–Crippen MR) is 43.4 cm³/mol. The molecule has 6 nitrogen and oxygen atoms in total. The van der Waals surface area contributed by atoms with Gasteiger partial charge in [0.25, 0.3) is 5.72 Å². The molecule has 1 aliphatic heterocycles. The van der Waals surface area contributed by atoms with Crippen molar-refractivity contribution in [2.75, 3.05) is 21.3 Å². The molecule has 2 N–H and O–H groups in total. The Morgan fingerprint density at radius 2 is 2.31 bits per heavy atom. The van der Waals surface area contributed by atoms with Crippen LogP contribution in [0.4, 0.5) is 0 Å². The van der Waals surface area contributed by atoms with Crippen molar-refractivity contribution in [2.45, 2.75) is 5.72 Å². The molecule has 13 heavy (non-hydrogen) atoms. The lowest BCUT2D eigenvalue weighted by molar-refractivity contribution is -0.166. The van der Waals surface area contributed by atoms with Gasteiger partial charge in [-0.15, -0.1) is 0 Å². The highest BCUT2D eigenvalue weighted by Crippen LogP contribution is 2.20. The number of rotatable bonds is 2. The number of hydrogen-bond acceptors (Lipinski definition) is 6. The topological polar surface area (TPSA) is 71.0 Å². The average molecular weight is 188 g/mol. The molecule has 1 unspecified atom stereocenters. The van der Waals surface area contributed by atoms with Crippen LogP contribution >= 0.6 is 0 Å². The zero-order valence-electron chi connectivity index (χ0n) is 7.70. The first-order chi connectivity index (χ1) is 6.05. The first-order valence-corrected chi connectivity index (χ1v) is 3.62. The Hall–Kier alpha value is -1.27. The number of carbonyl (C=O) groups excluding carboxylic acids is 1. The lowest BCUT2D eigenvalue weighted by atomic mass is 10.2. The quantitative estimate of drug-likeness (QED) is 0.561. The van der Waals surface area contributed by atoms with Crippen LogP contribution in [0, 0.1) is 0 Å². The summed E-state index contributed by atoms with van der Waals surface area (Å²) in [5.41, 5.74) is 1.20. The summed E-state index contributed by atoms with van der Waals surface area (Å²) >= 11 is 0. The second-order valence-electron chi connectivity index (χ2n) is 2.60. The van der Waals surface area contributed by atoms with Crippen molar-refractivity contribution in [2.24, 2.45) is 0 Å². The number of esters is 1. The Balaban J connectivity index is 2.92. The van der Waals surface area contributed by atoms with Crippen molar-refractivity contribution in [3.63, 3.8) is 0 Å². The van der Waals surface area contributed by atoms with E-state index in [1.807, 2.05) is 0 Å². The van der Waals surface area contributed by atoms with Crippen LogP contribution in [0.1, 0.15) is 0 Å². The third-order valence-corrected chi connectivity index (χ3v) is 1.82. The van der Waals surface area contributed by atoms with Crippen molar-refractivity contribution >= 4 is 5.97 Å². The summed E-state index contributed by atoms with van der Waals surface area (Å²) in [5, 5.41) is 10.5. The van der Waals surface area contributed by atoms with Crippen LogP contribution in [0.25, 0.3) is 0 Å². The molecule has 0 aromatic heterocycles. The lowest BCUT2D eigenvalue weighted by Gasteiger charge is -2.24. The van der Waals surface area contributed by atoms with E-state index in [1.165, 1.54) is 25.3 Å². The predicted octanol–water partition coefficient (Wildman–Crippen LogP) is -0.648. The molecule has 0 aromatic carbocycles. The van der Waals surface area contributed by atoms with E-state index in [0.29, 0.717) is 0 Å². The van der Waals surface area contributed by atoms with Gasteiger partial charge in [0.05, 0.1) is 7.11 Å². The van der Waals surface area contributed by atoms with E-state index in [1.54, 1.807) is 7.05 Å². The van der Waals surface area contributed by atoms with E-state index in [-0.39, 0.29) is 5.88 Å². The highest BCUT2D eigenvalue weighted by atomic mass is 16.6. The highest BCUT2D eigenvalue weighted by molar-refractivity contribution is 5.82. The van der Waals surface area contributed by atoms with E-state index in [0.717, 1.165) is 0 Å². The number of nitrogens with zero attached hydrogens (tertiary/aromatic N) is 1. The van der Waals surface area contributed by atoms with E-state index >= 15 is 0 Å². The maximum absolute atomic E-state index is 11.3. The van der Waals surface area contributed by atoms with E-state index in [2.05, 4.69) is 10.2 Å². The summed E-state index contributed by atoms with van der Waals surface area (Å²) in [6.07, 6.45) is 1.23. The summed E-state index contributed by atoms with van der Waals surface area (Å²) < 4.78 is 9.44.